The summed E-state index contributed by atoms with van der Waals surface area (Å²) in [5, 5.41) is 4.22. The topological polar surface area (TPSA) is 47.4 Å². The van der Waals surface area contributed by atoms with Gasteiger partial charge in [0.2, 0.25) is 0 Å². The molecule has 0 radical (unpaired) electrons. The van der Waals surface area contributed by atoms with Gasteiger partial charge in [0.05, 0.1) is 19.2 Å². The van der Waals surface area contributed by atoms with Gasteiger partial charge in [0, 0.05) is 24.8 Å². The molecule has 1 aliphatic heterocycles. The van der Waals surface area contributed by atoms with E-state index >= 15 is 0 Å². The van der Waals surface area contributed by atoms with Gasteiger partial charge < -0.3 is 4.74 Å². The highest BCUT2D eigenvalue weighted by atomic mass is 16.5. The number of aromatic nitrogens is 2. The fourth-order valence-corrected chi connectivity index (χ4v) is 2.68. The number of rotatable bonds is 5. The summed E-state index contributed by atoms with van der Waals surface area (Å²) >= 11 is 0. The highest BCUT2D eigenvalue weighted by molar-refractivity contribution is 5.70. The Morgan fingerprint density at radius 1 is 1.42 bits per heavy atom. The van der Waals surface area contributed by atoms with E-state index in [4.69, 9.17) is 4.74 Å². The van der Waals surface area contributed by atoms with Crippen LogP contribution >= 0.6 is 0 Å². The third kappa shape index (κ3) is 3.80. The second-order valence-corrected chi connectivity index (χ2v) is 5.07. The maximum absolute atomic E-state index is 11.8. The highest BCUT2D eigenvalue weighted by Gasteiger charge is 2.26. The Morgan fingerprint density at radius 2 is 2.16 bits per heavy atom. The van der Waals surface area contributed by atoms with Crippen LogP contribution in [0.25, 0.3) is 0 Å². The van der Waals surface area contributed by atoms with E-state index in [0.29, 0.717) is 13.0 Å². The number of aryl methyl sites for hydroxylation is 1. The van der Waals surface area contributed by atoms with E-state index in [2.05, 4.69) is 10.00 Å². The van der Waals surface area contributed by atoms with Crippen LogP contribution in [0.15, 0.2) is 12.4 Å². The molecule has 1 unspecified atom stereocenters. The van der Waals surface area contributed by atoms with Crippen molar-refractivity contribution in [2.45, 2.75) is 38.6 Å². The molecule has 1 atom stereocenters. The second-order valence-electron chi connectivity index (χ2n) is 5.07. The Kier molecular flexibility index (Phi) is 4.96. The smallest absolute Gasteiger partial charge is 0.307 e. The lowest BCUT2D eigenvalue weighted by Gasteiger charge is -2.33. The van der Waals surface area contributed by atoms with Gasteiger partial charge in [-0.25, -0.2) is 0 Å². The quantitative estimate of drug-likeness (QED) is 0.763. The number of ether oxygens (including phenoxy) is 1. The van der Waals surface area contributed by atoms with Crippen LogP contribution in [0.1, 0.15) is 44.2 Å². The lowest BCUT2D eigenvalue weighted by molar-refractivity contribution is -0.144. The summed E-state index contributed by atoms with van der Waals surface area (Å²) in [6.07, 6.45) is 7.98. The predicted molar refractivity (Wildman–Crippen MR) is 72.6 cm³/mol. The predicted octanol–water partition coefficient (Wildman–Crippen LogP) is 1.90. The average Bonchev–Trinajstić information content (AvgIpc) is 2.84. The number of likely N-dealkylation sites (tertiary alicyclic amines) is 1. The summed E-state index contributed by atoms with van der Waals surface area (Å²) in [6, 6.07) is 0.105. The van der Waals surface area contributed by atoms with Crippen molar-refractivity contribution in [2.75, 3.05) is 19.7 Å². The third-order valence-corrected chi connectivity index (χ3v) is 3.61. The molecule has 1 aliphatic rings. The van der Waals surface area contributed by atoms with Crippen LogP contribution in [0.5, 0.6) is 0 Å². The van der Waals surface area contributed by atoms with Crippen molar-refractivity contribution in [3.8, 4) is 0 Å². The van der Waals surface area contributed by atoms with Gasteiger partial charge in [0.15, 0.2) is 0 Å². The number of esters is 1. The summed E-state index contributed by atoms with van der Waals surface area (Å²) < 4.78 is 6.89. The molecule has 1 fully saturated rings. The molecule has 2 heterocycles. The molecule has 2 rings (SSSR count). The van der Waals surface area contributed by atoms with Gasteiger partial charge in [-0.2, -0.15) is 5.10 Å². The van der Waals surface area contributed by atoms with Crippen LogP contribution in [-0.4, -0.2) is 40.3 Å². The number of hydrogen-bond acceptors (Lipinski definition) is 4. The number of piperidine rings is 1. The molecule has 0 aliphatic carbocycles. The van der Waals surface area contributed by atoms with E-state index < -0.39 is 0 Å². The first kappa shape index (κ1) is 14.1. The van der Waals surface area contributed by atoms with Crippen LogP contribution in [0.2, 0.25) is 0 Å². The zero-order valence-electron chi connectivity index (χ0n) is 11.8. The van der Waals surface area contributed by atoms with E-state index in [0.717, 1.165) is 18.7 Å². The molecule has 0 N–H and O–H groups in total. The van der Waals surface area contributed by atoms with Gasteiger partial charge in [-0.1, -0.05) is 6.42 Å². The van der Waals surface area contributed by atoms with Gasteiger partial charge in [-0.3, -0.25) is 14.4 Å². The first-order valence-corrected chi connectivity index (χ1v) is 7.09. The number of carbonyl (C=O) groups excluding carboxylic acids is 1. The van der Waals surface area contributed by atoms with E-state index in [1.807, 2.05) is 26.4 Å². The number of nitrogens with zero attached hydrogens (tertiary/aromatic N) is 3. The largest absolute Gasteiger partial charge is 0.466 e. The van der Waals surface area contributed by atoms with Crippen LogP contribution < -0.4 is 0 Å². The summed E-state index contributed by atoms with van der Waals surface area (Å²) in [5.41, 5.74) is 1.11. The maximum atomic E-state index is 11.8. The van der Waals surface area contributed by atoms with Crippen molar-refractivity contribution in [2.24, 2.45) is 7.05 Å². The molecule has 1 aromatic heterocycles. The van der Waals surface area contributed by atoms with Crippen LogP contribution in [0.4, 0.5) is 0 Å². The SMILES string of the molecule is CCOC(=O)CC(c1cnn(C)c1)N1CCCCC1. The van der Waals surface area contributed by atoms with Gasteiger partial charge in [0.25, 0.3) is 0 Å². The first-order chi connectivity index (χ1) is 9.20. The molecule has 0 saturated carbocycles. The highest BCUT2D eigenvalue weighted by Crippen LogP contribution is 2.27. The third-order valence-electron chi connectivity index (χ3n) is 3.61. The van der Waals surface area contributed by atoms with Gasteiger partial charge in [-0.15, -0.1) is 0 Å². The second kappa shape index (κ2) is 6.70. The molecule has 106 valence electrons. The molecule has 0 aromatic carbocycles. The molecule has 0 bridgehead atoms. The lowest BCUT2D eigenvalue weighted by Crippen LogP contribution is -2.35. The average molecular weight is 265 g/mol. The zero-order chi connectivity index (χ0) is 13.7. The first-order valence-electron chi connectivity index (χ1n) is 7.09. The standard InChI is InChI=1S/C14H23N3O2/c1-3-19-14(18)9-13(12-10-15-16(2)11-12)17-7-5-4-6-8-17/h10-11,13H,3-9H2,1-2H3. The van der Waals surface area contributed by atoms with Gasteiger partial charge >= 0.3 is 5.97 Å². The summed E-state index contributed by atoms with van der Waals surface area (Å²) in [5.74, 6) is -0.123. The van der Waals surface area contributed by atoms with Crippen molar-refractivity contribution in [3.63, 3.8) is 0 Å². The molecule has 1 saturated heterocycles. The number of carbonyl (C=O) groups is 1. The van der Waals surface area contributed by atoms with E-state index in [1.54, 1.807) is 4.68 Å². The zero-order valence-corrected chi connectivity index (χ0v) is 11.8. The lowest BCUT2D eigenvalue weighted by atomic mass is 10.0. The van der Waals surface area contributed by atoms with Gasteiger partial charge in [-0.05, 0) is 32.9 Å². The number of hydrogen-bond donors (Lipinski definition) is 0. The van der Waals surface area contributed by atoms with Gasteiger partial charge in [0.1, 0.15) is 0 Å². The summed E-state index contributed by atoms with van der Waals surface area (Å²) in [7, 11) is 1.90. The fourth-order valence-electron chi connectivity index (χ4n) is 2.68. The molecular formula is C14H23N3O2. The Bertz CT molecular complexity index is 411. The van der Waals surface area contributed by atoms with E-state index in [-0.39, 0.29) is 12.0 Å². The summed E-state index contributed by atoms with van der Waals surface area (Å²) in [6.45, 7) is 4.40. The van der Waals surface area contributed by atoms with E-state index in [9.17, 15) is 4.79 Å². The minimum absolute atomic E-state index is 0.105. The van der Waals surface area contributed by atoms with Crippen molar-refractivity contribution in [1.82, 2.24) is 14.7 Å². The Morgan fingerprint density at radius 3 is 2.74 bits per heavy atom. The van der Waals surface area contributed by atoms with Crippen molar-refractivity contribution < 1.29 is 9.53 Å². The summed E-state index contributed by atoms with van der Waals surface area (Å²) in [4.78, 5) is 14.2. The molecular weight excluding hydrogens is 242 g/mol. The molecule has 1 aromatic rings. The maximum Gasteiger partial charge on any atom is 0.307 e. The van der Waals surface area contributed by atoms with Crippen LogP contribution in [0.3, 0.4) is 0 Å². The normalized spacial score (nSPS) is 18.2. The molecule has 0 amide bonds. The minimum Gasteiger partial charge on any atom is -0.466 e. The molecule has 5 heteroatoms. The van der Waals surface area contributed by atoms with Crippen molar-refractivity contribution in [3.05, 3.63) is 18.0 Å². The molecule has 5 nitrogen and oxygen atoms in total. The Balaban J connectivity index is 2.10. The van der Waals surface area contributed by atoms with Crippen molar-refractivity contribution >= 4 is 5.97 Å². The molecule has 0 spiro atoms. The Labute approximate surface area is 114 Å². The Hall–Kier alpha value is -1.36. The van der Waals surface area contributed by atoms with Crippen LogP contribution in [-0.2, 0) is 16.6 Å². The van der Waals surface area contributed by atoms with E-state index in [1.165, 1.54) is 19.3 Å². The van der Waals surface area contributed by atoms with Crippen molar-refractivity contribution in [1.29, 1.82) is 0 Å². The minimum atomic E-state index is -0.123. The molecule has 19 heavy (non-hydrogen) atoms. The monoisotopic (exact) mass is 265 g/mol. The fraction of sp³-hybridized carbons (Fsp3) is 0.714. The van der Waals surface area contributed by atoms with Crippen LogP contribution in [0, 0.1) is 0 Å².